The van der Waals surface area contributed by atoms with Gasteiger partial charge in [-0.05, 0) is 12.5 Å². The fraction of sp³-hybridized carbons (Fsp3) is 0.231. The summed E-state index contributed by atoms with van der Waals surface area (Å²) in [5, 5.41) is 12.6. The van der Waals surface area contributed by atoms with E-state index in [2.05, 4.69) is 15.3 Å². The van der Waals surface area contributed by atoms with E-state index in [0.29, 0.717) is 0 Å². The molecule has 1 heterocycles. The molecular formula is C13H14FN3O. The lowest BCUT2D eigenvalue weighted by molar-refractivity contribution is 0.223. The topological polar surface area (TPSA) is 58.0 Å². The first-order chi connectivity index (χ1) is 8.64. The van der Waals surface area contributed by atoms with Crippen molar-refractivity contribution in [2.75, 3.05) is 11.9 Å². The van der Waals surface area contributed by atoms with Crippen LogP contribution in [0.3, 0.4) is 0 Å². The van der Waals surface area contributed by atoms with E-state index in [9.17, 15) is 9.50 Å². The number of aliphatic hydroxyl groups excluding tert-OH is 1. The fourth-order valence-corrected chi connectivity index (χ4v) is 1.63. The summed E-state index contributed by atoms with van der Waals surface area (Å²) >= 11 is 0. The molecule has 2 aromatic rings. The number of nitrogens with zero attached hydrogens (tertiary/aromatic N) is 2. The third kappa shape index (κ3) is 2.62. The van der Waals surface area contributed by atoms with Crippen molar-refractivity contribution < 1.29 is 9.50 Å². The average Bonchev–Trinajstić information content (AvgIpc) is 2.42. The van der Waals surface area contributed by atoms with E-state index < -0.39 is 11.4 Å². The number of rotatable bonds is 4. The number of hydrogen-bond donors (Lipinski definition) is 2. The molecule has 5 heteroatoms. The van der Waals surface area contributed by atoms with Crippen molar-refractivity contribution in [1.29, 1.82) is 0 Å². The zero-order valence-corrected chi connectivity index (χ0v) is 9.97. The van der Waals surface area contributed by atoms with Crippen LogP contribution in [0.15, 0.2) is 42.7 Å². The van der Waals surface area contributed by atoms with Crippen molar-refractivity contribution in [2.45, 2.75) is 12.5 Å². The Morgan fingerprint density at radius 2 is 1.83 bits per heavy atom. The van der Waals surface area contributed by atoms with Gasteiger partial charge in [0.2, 0.25) is 5.95 Å². The predicted molar refractivity (Wildman–Crippen MR) is 66.5 cm³/mol. The first-order valence-electron chi connectivity index (χ1n) is 5.56. The molecule has 0 aliphatic heterocycles. The molecule has 2 rings (SSSR count). The Morgan fingerprint density at radius 3 is 2.39 bits per heavy atom. The Labute approximate surface area is 105 Å². The zero-order chi connectivity index (χ0) is 13.0. The third-order valence-corrected chi connectivity index (χ3v) is 2.74. The van der Waals surface area contributed by atoms with Gasteiger partial charge in [0.15, 0.2) is 5.82 Å². The number of anilines is 1. The summed E-state index contributed by atoms with van der Waals surface area (Å²) in [6.45, 7) is 1.70. The number of hydrogen-bond acceptors (Lipinski definition) is 4. The highest BCUT2D eigenvalue weighted by atomic mass is 19.1. The Morgan fingerprint density at radius 1 is 1.22 bits per heavy atom. The van der Waals surface area contributed by atoms with Crippen LogP contribution in [0.2, 0.25) is 0 Å². The van der Waals surface area contributed by atoms with E-state index in [1.165, 1.54) is 0 Å². The quantitative estimate of drug-likeness (QED) is 0.866. The molecule has 0 radical (unpaired) electrons. The van der Waals surface area contributed by atoms with Crippen LogP contribution in [0.1, 0.15) is 12.5 Å². The lowest BCUT2D eigenvalue weighted by Crippen LogP contribution is -2.36. The summed E-state index contributed by atoms with van der Waals surface area (Å²) in [5.74, 6) is -0.220. The van der Waals surface area contributed by atoms with Gasteiger partial charge in [-0.2, -0.15) is 0 Å². The first-order valence-corrected chi connectivity index (χ1v) is 5.56. The maximum absolute atomic E-state index is 12.7. The van der Waals surface area contributed by atoms with Crippen LogP contribution in [-0.4, -0.2) is 21.7 Å². The predicted octanol–water partition coefficient (Wildman–Crippen LogP) is 1.94. The molecular weight excluding hydrogens is 233 g/mol. The molecule has 0 aliphatic rings. The van der Waals surface area contributed by atoms with Crippen molar-refractivity contribution >= 4 is 5.95 Å². The third-order valence-electron chi connectivity index (χ3n) is 2.74. The Hall–Kier alpha value is -2.01. The average molecular weight is 247 g/mol. The van der Waals surface area contributed by atoms with E-state index in [1.54, 1.807) is 0 Å². The van der Waals surface area contributed by atoms with Gasteiger partial charge in [-0.3, -0.25) is 0 Å². The summed E-state index contributed by atoms with van der Waals surface area (Å²) in [6.07, 6.45) is 2.16. The molecule has 0 saturated carbocycles. The van der Waals surface area contributed by atoms with E-state index in [-0.39, 0.29) is 12.6 Å². The molecule has 0 amide bonds. The van der Waals surface area contributed by atoms with Crippen molar-refractivity contribution in [2.24, 2.45) is 0 Å². The van der Waals surface area contributed by atoms with Gasteiger partial charge in [-0.25, -0.2) is 14.4 Å². The second-order valence-electron chi connectivity index (χ2n) is 4.21. The SMILES string of the molecule is CC(CO)(Nc1ncc(F)cn1)c1ccccc1. The highest BCUT2D eigenvalue weighted by molar-refractivity contribution is 5.36. The van der Waals surface area contributed by atoms with Crippen molar-refractivity contribution in [3.63, 3.8) is 0 Å². The van der Waals surface area contributed by atoms with E-state index in [4.69, 9.17) is 0 Å². The van der Waals surface area contributed by atoms with Crippen molar-refractivity contribution in [1.82, 2.24) is 9.97 Å². The molecule has 0 aliphatic carbocycles. The standard InChI is InChI=1S/C13H14FN3O/c1-13(9-18,10-5-3-2-4-6-10)17-12-15-7-11(14)8-16-12/h2-8,18H,9H2,1H3,(H,15,16,17). The second-order valence-corrected chi connectivity index (χ2v) is 4.21. The minimum atomic E-state index is -0.709. The van der Waals surface area contributed by atoms with Gasteiger partial charge in [0, 0.05) is 0 Å². The first kappa shape index (κ1) is 12.4. The van der Waals surface area contributed by atoms with Crippen molar-refractivity contribution in [3.05, 3.63) is 54.1 Å². The summed E-state index contributed by atoms with van der Waals surface area (Å²) in [7, 11) is 0. The minimum Gasteiger partial charge on any atom is -0.394 e. The number of nitrogens with one attached hydrogen (secondary N) is 1. The van der Waals surface area contributed by atoms with Gasteiger partial charge in [0.1, 0.15) is 0 Å². The smallest absolute Gasteiger partial charge is 0.223 e. The number of aliphatic hydroxyl groups is 1. The molecule has 1 aromatic carbocycles. The Balaban J connectivity index is 2.26. The molecule has 18 heavy (non-hydrogen) atoms. The molecule has 4 nitrogen and oxygen atoms in total. The van der Waals surface area contributed by atoms with Gasteiger partial charge in [-0.15, -0.1) is 0 Å². The van der Waals surface area contributed by atoms with Gasteiger partial charge in [0.25, 0.3) is 0 Å². The highest BCUT2D eigenvalue weighted by Crippen LogP contribution is 2.23. The van der Waals surface area contributed by atoms with Crippen LogP contribution >= 0.6 is 0 Å². The molecule has 1 unspecified atom stereocenters. The maximum Gasteiger partial charge on any atom is 0.223 e. The minimum absolute atomic E-state index is 0.127. The van der Waals surface area contributed by atoms with Crippen LogP contribution in [0.25, 0.3) is 0 Å². The summed E-state index contributed by atoms with van der Waals surface area (Å²) < 4.78 is 12.7. The summed E-state index contributed by atoms with van der Waals surface area (Å²) in [6, 6.07) is 9.46. The largest absolute Gasteiger partial charge is 0.394 e. The number of aromatic nitrogens is 2. The van der Waals surface area contributed by atoms with Crippen LogP contribution < -0.4 is 5.32 Å². The fourth-order valence-electron chi connectivity index (χ4n) is 1.63. The van der Waals surface area contributed by atoms with Gasteiger partial charge < -0.3 is 10.4 Å². The summed E-state index contributed by atoms with van der Waals surface area (Å²) in [4.78, 5) is 7.66. The maximum atomic E-state index is 12.7. The molecule has 1 aromatic heterocycles. The monoisotopic (exact) mass is 247 g/mol. The lowest BCUT2D eigenvalue weighted by Gasteiger charge is -2.29. The Bertz CT molecular complexity index is 503. The van der Waals surface area contributed by atoms with Gasteiger partial charge >= 0.3 is 0 Å². The highest BCUT2D eigenvalue weighted by Gasteiger charge is 2.26. The number of benzene rings is 1. The van der Waals surface area contributed by atoms with Crippen LogP contribution in [-0.2, 0) is 5.54 Å². The molecule has 0 saturated heterocycles. The molecule has 0 fully saturated rings. The van der Waals surface area contributed by atoms with E-state index >= 15 is 0 Å². The van der Waals surface area contributed by atoms with Crippen LogP contribution in [0.4, 0.5) is 10.3 Å². The number of halogens is 1. The normalized spacial score (nSPS) is 13.9. The zero-order valence-electron chi connectivity index (χ0n) is 9.97. The molecule has 0 spiro atoms. The Kier molecular flexibility index (Phi) is 3.53. The molecule has 2 N–H and O–H groups in total. The molecule has 94 valence electrons. The lowest BCUT2D eigenvalue weighted by atomic mass is 9.93. The van der Waals surface area contributed by atoms with Crippen molar-refractivity contribution in [3.8, 4) is 0 Å². The molecule has 0 bridgehead atoms. The van der Waals surface area contributed by atoms with E-state index in [0.717, 1.165) is 18.0 Å². The van der Waals surface area contributed by atoms with Crippen LogP contribution in [0.5, 0.6) is 0 Å². The van der Waals surface area contributed by atoms with Gasteiger partial charge in [0.05, 0.1) is 24.5 Å². The van der Waals surface area contributed by atoms with Crippen LogP contribution in [0, 0.1) is 5.82 Å². The second kappa shape index (κ2) is 5.10. The van der Waals surface area contributed by atoms with E-state index in [1.807, 2.05) is 37.3 Å². The molecule has 1 atom stereocenters. The summed E-state index contributed by atoms with van der Waals surface area (Å²) in [5.41, 5.74) is 0.194. The van der Waals surface area contributed by atoms with Gasteiger partial charge in [-0.1, -0.05) is 30.3 Å².